The van der Waals surface area contributed by atoms with E-state index in [1.54, 1.807) is 20.8 Å². The largest absolute Gasteiger partial charge is 0.444 e. The van der Waals surface area contributed by atoms with E-state index in [0.717, 1.165) is 0 Å². The number of carbonyl (C=O) groups excluding carboxylic acids is 2. The molecule has 0 saturated carbocycles. The Balaban J connectivity index is 4.66. The average Bonchev–Trinajstić information content (AvgIpc) is 2.22. The molecule has 0 aliphatic rings. The van der Waals surface area contributed by atoms with Crippen molar-refractivity contribution >= 4 is 11.9 Å². The fraction of sp³-hybridized carbons (Fsp3) is 0.857. The van der Waals surface area contributed by atoms with Gasteiger partial charge in [-0.1, -0.05) is 20.8 Å². The number of carbonyl (C=O) groups is 2. The van der Waals surface area contributed by atoms with E-state index in [-0.39, 0.29) is 11.7 Å². The van der Waals surface area contributed by atoms with Gasteiger partial charge in [-0.3, -0.25) is 4.79 Å². The first-order valence-electron chi connectivity index (χ1n) is 6.78. The second-order valence-electron chi connectivity index (χ2n) is 6.08. The third-order valence-corrected chi connectivity index (χ3v) is 2.57. The van der Waals surface area contributed by atoms with E-state index >= 15 is 0 Å². The lowest BCUT2D eigenvalue weighted by Crippen LogP contribution is -2.51. The normalized spacial score (nSPS) is 14.9. The molecule has 0 heterocycles. The summed E-state index contributed by atoms with van der Waals surface area (Å²) in [6.45, 7) is 10.8. The predicted octanol–water partition coefficient (Wildman–Crippen LogP) is 2.27. The van der Waals surface area contributed by atoms with E-state index in [9.17, 15) is 14.7 Å². The molecule has 0 radical (unpaired) electrons. The molecule has 1 unspecified atom stereocenters. The zero-order valence-corrected chi connectivity index (χ0v) is 12.8. The molecule has 5 heteroatoms. The zero-order chi connectivity index (χ0) is 15.2. The molecule has 0 aromatic rings. The van der Waals surface area contributed by atoms with E-state index in [0.29, 0.717) is 12.8 Å². The van der Waals surface area contributed by atoms with Gasteiger partial charge in [0.2, 0.25) is 0 Å². The summed E-state index contributed by atoms with van der Waals surface area (Å²) in [5, 5.41) is 12.6. The number of hydrogen-bond donors (Lipinski definition) is 2. The van der Waals surface area contributed by atoms with Gasteiger partial charge in [0.05, 0.1) is 6.04 Å². The second kappa shape index (κ2) is 7.48. The Morgan fingerprint density at radius 1 is 1.26 bits per heavy atom. The number of rotatable bonds is 6. The number of Topliss-reactive ketones (excluding diaryl/α,β-unsaturated/α-hetero) is 1. The fourth-order valence-corrected chi connectivity index (χ4v) is 1.65. The van der Waals surface area contributed by atoms with Crippen molar-refractivity contribution in [3.63, 3.8) is 0 Å². The molecule has 0 fully saturated rings. The predicted molar refractivity (Wildman–Crippen MR) is 73.9 cm³/mol. The van der Waals surface area contributed by atoms with Gasteiger partial charge in [0.15, 0.2) is 5.78 Å². The summed E-state index contributed by atoms with van der Waals surface area (Å²) in [5.74, 6) is -0.319. The lowest BCUT2D eigenvalue weighted by atomic mass is 9.94. The summed E-state index contributed by atoms with van der Waals surface area (Å²) >= 11 is 0. The summed E-state index contributed by atoms with van der Waals surface area (Å²) < 4.78 is 5.14. The van der Waals surface area contributed by atoms with Crippen LogP contribution in [-0.2, 0) is 9.53 Å². The Labute approximate surface area is 115 Å². The first kappa shape index (κ1) is 17.9. The lowest BCUT2D eigenvalue weighted by Gasteiger charge is -2.28. The van der Waals surface area contributed by atoms with Crippen LogP contribution >= 0.6 is 0 Å². The maximum Gasteiger partial charge on any atom is 0.407 e. The molecule has 112 valence electrons. The highest BCUT2D eigenvalue weighted by Gasteiger charge is 2.30. The van der Waals surface area contributed by atoms with E-state index in [1.165, 1.54) is 0 Å². The van der Waals surface area contributed by atoms with Crippen LogP contribution in [0.2, 0.25) is 0 Å². The van der Waals surface area contributed by atoms with Crippen LogP contribution in [0.25, 0.3) is 0 Å². The maximum absolute atomic E-state index is 11.7. The van der Waals surface area contributed by atoms with Crippen molar-refractivity contribution in [3.05, 3.63) is 0 Å². The molecule has 0 bridgehead atoms. The number of ether oxygens (including phenoxy) is 1. The molecule has 0 aliphatic carbocycles. The van der Waals surface area contributed by atoms with Gasteiger partial charge in [-0.2, -0.15) is 0 Å². The Morgan fingerprint density at radius 3 is 2.16 bits per heavy atom. The summed E-state index contributed by atoms with van der Waals surface area (Å²) in [4.78, 5) is 23.4. The van der Waals surface area contributed by atoms with Crippen LogP contribution in [0, 0.1) is 5.92 Å². The van der Waals surface area contributed by atoms with Crippen molar-refractivity contribution in [2.24, 2.45) is 5.92 Å². The highest BCUT2D eigenvalue weighted by Crippen LogP contribution is 2.12. The van der Waals surface area contributed by atoms with Crippen molar-refractivity contribution in [1.29, 1.82) is 0 Å². The Hall–Kier alpha value is -1.10. The number of nitrogens with one attached hydrogen (secondary N) is 1. The van der Waals surface area contributed by atoms with Crippen LogP contribution in [0.5, 0.6) is 0 Å². The quantitative estimate of drug-likeness (QED) is 0.778. The SMILES string of the molecule is CCCC(=O)C(O)[C@@H](NC(=O)OC(C)(C)C)C(C)C. The molecule has 1 amide bonds. The minimum Gasteiger partial charge on any atom is -0.444 e. The van der Waals surface area contributed by atoms with Gasteiger partial charge in [-0.05, 0) is 33.1 Å². The van der Waals surface area contributed by atoms with Crippen molar-refractivity contribution < 1.29 is 19.4 Å². The summed E-state index contributed by atoms with van der Waals surface area (Å²) in [5.41, 5.74) is -0.607. The molecule has 5 nitrogen and oxygen atoms in total. The van der Waals surface area contributed by atoms with E-state index in [4.69, 9.17) is 4.74 Å². The van der Waals surface area contributed by atoms with Gasteiger partial charge in [-0.15, -0.1) is 0 Å². The molecular formula is C14H27NO4. The molecule has 2 N–H and O–H groups in total. The smallest absolute Gasteiger partial charge is 0.407 e. The van der Waals surface area contributed by atoms with Crippen molar-refractivity contribution in [2.45, 2.75) is 72.1 Å². The van der Waals surface area contributed by atoms with Crippen molar-refractivity contribution in [3.8, 4) is 0 Å². The van der Waals surface area contributed by atoms with E-state index < -0.39 is 23.8 Å². The third kappa shape index (κ3) is 7.15. The van der Waals surface area contributed by atoms with Gasteiger partial charge in [0, 0.05) is 6.42 Å². The number of aliphatic hydroxyl groups excluding tert-OH is 1. The highest BCUT2D eigenvalue weighted by atomic mass is 16.6. The molecule has 2 atom stereocenters. The molecule has 0 saturated heterocycles. The highest BCUT2D eigenvalue weighted by molar-refractivity contribution is 5.84. The van der Waals surface area contributed by atoms with E-state index in [1.807, 2.05) is 20.8 Å². The molecule has 0 aromatic carbocycles. The van der Waals surface area contributed by atoms with Crippen LogP contribution in [0.15, 0.2) is 0 Å². The minimum atomic E-state index is -1.19. The number of amides is 1. The molecule has 19 heavy (non-hydrogen) atoms. The summed E-state index contributed by atoms with van der Waals surface area (Å²) in [7, 11) is 0. The fourth-order valence-electron chi connectivity index (χ4n) is 1.65. The standard InChI is InChI=1S/C14H27NO4/c1-7-8-10(16)12(17)11(9(2)3)15-13(18)19-14(4,5)6/h9,11-12,17H,7-8H2,1-6H3,(H,15,18)/t11-,12?/m0/s1. The minimum absolute atomic E-state index is 0.0664. The molecular weight excluding hydrogens is 246 g/mol. The monoisotopic (exact) mass is 273 g/mol. The zero-order valence-electron chi connectivity index (χ0n) is 12.8. The number of hydrogen-bond acceptors (Lipinski definition) is 4. The van der Waals surface area contributed by atoms with Gasteiger partial charge in [0.1, 0.15) is 11.7 Å². The number of alkyl carbamates (subject to hydrolysis) is 1. The van der Waals surface area contributed by atoms with Crippen LogP contribution < -0.4 is 5.32 Å². The third-order valence-electron chi connectivity index (χ3n) is 2.57. The Morgan fingerprint density at radius 2 is 1.79 bits per heavy atom. The first-order chi connectivity index (χ1) is 8.58. The maximum atomic E-state index is 11.7. The van der Waals surface area contributed by atoms with Crippen LogP contribution in [0.1, 0.15) is 54.4 Å². The van der Waals surface area contributed by atoms with Gasteiger partial charge in [0.25, 0.3) is 0 Å². The average molecular weight is 273 g/mol. The second-order valence-corrected chi connectivity index (χ2v) is 6.08. The molecule has 0 rings (SSSR count). The first-order valence-corrected chi connectivity index (χ1v) is 6.78. The number of aliphatic hydroxyl groups is 1. The molecule has 0 aliphatic heterocycles. The molecule has 0 spiro atoms. The molecule has 0 aromatic heterocycles. The van der Waals surface area contributed by atoms with Gasteiger partial charge >= 0.3 is 6.09 Å². The van der Waals surface area contributed by atoms with E-state index in [2.05, 4.69) is 5.32 Å². The Kier molecular flexibility index (Phi) is 7.05. The lowest BCUT2D eigenvalue weighted by molar-refractivity contribution is -0.129. The summed E-state index contributed by atoms with van der Waals surface area (Å²) in [6.07, 6.45) is -0.824. The van der Waals surface area contributed by atoms with Gasteiger partial charge in [-0.25, -0.2) is 4.79 Å². The Bertz CT molecular complexity index is 307. The van der Waals surface area contributed by atoms with Gasteiger partial charge < -0.3 is 15.2 Å². The van der Waals surface area contributed by atoms with Crippen molar-refractivity contribution in [2.75, 3.05) is 0 Å². The summed E-state index contributed by atoms with van der Waals surface area (Å²) in [6, 6.07) is -0.631. The number of ketones is 1. The van der Waals surface area contributed by atoms with Crippen LogP contribution in [-0.4, -0.2) is 34.7 Å². The van der Waals surface area contributed by atoms with Crippen molar-refractivity contribution in [1.82, 2.24) is 5.32 Å². The topological polar surface area (TPSA) is 75.6 Å². The van der Waals surface area contributed by atoms with Crippen LogP contribution in [0.4, 0.5) is 4.79 Å². The van der Waals surface area contributed by atoms with Crippen LogP contribution in [0.3, 0.4) is 0 Å².